The summed E-state index contributed by atoms with van der Waals surface area (Å²) in [5.41, 5.74) is 2.32. The van der Waals surface area contributed by atoms with Gasteiger partial charge in [0, 0.05) is 36.3 Å². The van der Waals surface area contributed by atoms with Gasteiger partial charge >= 0.3 is 0 Å². The zero-order chi connectivity index (χ0) is 10.7. The van der Waals surface area contributed by atoms with Crippen LogP contribution in [0.4, 0.5) is 5.69 Å². The minimum Gasteiger partial charge on any atom is -0.388 e. The van der Waals surface area contributed by atoms with Crippen LogP contribution >= 0.6 is 0 Å². The summed E-state index contributed by atoms with van der Waals surface area (Å²) in [5.74, 6) is 0.0355. The van der Waals surface area contributed by atoms with Crippen molar-refractivity contribution in [2.75, 3.05) is 12.4 Å². The Balaban J connectivity index is 2.34. The monoisotopic (exact) mass is 200 g/mol. The van der Waals surface area contributed by atoms with Crippen LogP contribution in [0, 0.1) is 0 Å². The maximum atomic E-state index is 11.9. The lowest BCUT2D eigenvalue weighted by Gasteiger charge is -2.02. The van der Waals surface area contributed by atoms with E-state index in [1.807, 2.05) is 31.3 Å². The van der Waals surface area contributed by atoms with E-state index in [9.17, 15) is 4.79 Å². The average Bonchev–Trinajstić information content (AvgIpc) is 2.81. The summed E-state index contributed by atoms with van der Waals surface area (Å²) >= 11 is 0. The van der Waals surface area contributed by atoms with Gasteiger partial charge in [0.25, 0.3) is 0 Å². The standard InChI is InChI=1S/C12H12N2O/c1-13-11-4-2-3-9(7-11)12(15)10-5-6-14-8-10/h2-8,13-14H,1H3. The fourth-order valence-corrected chi connectivity index (χ4v) is 1.45. The fourth-order valence-electron chi connectivity index (χ4n) is 1.45. The predicted octanol–water partition coefficient (Wildman–Crippen LogP) is 2.29. The van der Waals surface area contributed by atoms with Gasteiger partial charge in [-0.15, -0.1) is 0 Å². The molecule has 0 spiro atoms. The largest absolute Gasteiger partial charge is 0.388 e. The molecule has 0 saturated carbocycles. The highest BCUT2D eigenvalue weighted by molar-refractivity contribution is 6.09. The maximum absolute atomic E-state index is 11.9. The molecule has 0 aliphatic rings. The molecular formula is C12H12N2O. The zero-order valence-electron chi connectivity index (χ0n) is 8.45. The molecule has 15 heavy (non-hydrogen) atoms. The Hall–Kier alpha value is -2.03. The molecule has 0 bridgehead atoms. The quantitative estimate of drug-likeness (QED) is 0.746. The summed E-state index contributed by atoms with van der Waals surface area (Å²) in [7, 11) is 1.83. The molecule has 2 aromatic rings. The topological polar surface area (TPSA) is 44.9 Å². The number of nitrogens with one attached hydrogen (secondary N) is 2. The molecular weight excluding hydrogens is 188 g/mol. The highest BCUT2D eigenvalue weighted by Crippen LogP contribution is 2.13. The summed E-state index contributed by atoms with van der Waals surface area (Å²) in [6, 6.07) is 9.22. The van der Waals surface area contributed by atoms with Gasteiger partial charge in [-0.05, 0) is 18.2 Å². The number of aromatic amines is 1. The van der Waals surface area contributed by atoms with Crippen LogP contribution < -0.4 is 5.32 Å². The smallest absolute Gasteiger partial charge is 0.194 e. The van der Waals surface area contributed by atoms with Crippen LogP contribution in [0.25, 0.3) is 0 Å². The SMILES string of the molecule is CNc1cccc(C(=O)c2cc[nH]c2)c1. The Morgan fingerprint density at radius 2 is 2.13 bits per heavy atom. The molecule has 1 aromatic carbocycles. The highest BCUT2D eigenvalue weighted by atomic mass is 16.1. The first-order valence-electron chi connectivity index (χ1n) is 4.76. The zero-order valence-corrected chi connectivity index (χ0v) is 8.45. The summed E-state index contributed by atoms with van der Waals surface area (Å²) < 4.78 is 0. The summed E-state index contributed by atoms with van der Waals surface area (Å²) in [6.07, 6.45) is 3.45. The first-order chi connectivity index (χ1) is 7.31. The van der Waals surface area contributed by atoms with Gasteiger partial charge in [0.2, 0.25) is 0 Å². The van der Waals surface area contributed by atoms with Crippen molar-refractivity contribution in [1.29, 1.82) is 0 Å². The molecule has 0 fully saturated rings. The molecule has 76 valence electrons. The normalized spacial score (nSPS) is 9.93. The molecule has 0 aliphatic carbocycles. The van der Waals surface area contributed by atoms with E-state index in [0.29, 0.717) is 11.1 Å². The van der Waals surface area contributed by atoms with Gasteiger partial charge in [-0.1, -0.05) is 12.1 Å². The van der Waals surface area contributed by atoms with Crippen molar-refractivity contribution in [3.05, 3.63) is 53.9 Å². The second-order valence-corrected chi connectivity index (χ2v) is 3.26. The van der Waals surface area contributed by atoms with Crippen LogP contribution in [0.1, 0.15) is 15.9 Å². The third-order valence-corrected chi connectivity index (χ3v) is 2.27. The lowest BCUT2D eigenvalue weighted by atomic mass is 10.1. The number of hydrogen-bond donors (Lipinski definition) is 2. The Bertz CT molecular complexity index is 460. The molecule has 2 rings (SSSR count). The van der Waals surface area contributed by atoms with Gasteiger partial charge < -0.3 is 10.3 Å². The molecule has 0 atom stereocenters. The van der Waals surface area contributed by atoms with Gasteiger partial charge in [0.1, 0.15) is 0 Å². The van der Waals surface area contributed by atoms with Gasteiger partial charge in [-0.25, -0.2) is 0 Å². The number of carbonyl (C=O) groups is 1. The first-order valence-corrected chi connectivity index (χ1v) is 4.76. The minimum absolute atomic E-state index is 0.0355. The van der Waals surface area contributed by atoms with Crippen molar-refractivity contribution in [1.82, 2.24) is 4.98 Å². The Labute approximate surface area is 88.1 Å². The van der Waals surface area contributed by atoms with Crippen LogP contribution in [0.5, 0.6) is 0 Å². The van der Waals surface area contributed by atoms with Crippen molar-refractivity contribution in [2.45, 2.75) is 0 Å². The van der Waals surface area contributed by atoms with Crippen molar-refractivity contribution in [2.24, 2.45) is 0 Å². The summed E-state index contributed by atoms with van der Waals surface area (Å²) in [5, 5.41) is 3.01. The molecule has 3 nitrogen and oxygen atoms in total. The fraction of sp³-hybridized carbons (Fsp3) is 0.0833. The van der Waals surface area contributed by atoms with E-state index < -0.39 is 0 Å². The van der Waals surface area contributed by atoms with Gasteiger partial charge in [-0.3, -0.25) is 4.79 Å². The predicted molar refractivity (Wildman–Crippen MR) is 60.2 cm³/mol. The summed E-state index contributed by atoms with van der Waals surface area (Å²) in [6.45, 7) is 0. The van der Waals surface area contributed by atoms with E-state index in [1.165, 1.54) is 0 Å². The molecule has 3 heteroatoms. The average molecular weight is 200 g/mol. The molecule has 1 heterocycles. The van der Waals surface area contributed by atoms with Crippen molar-refractivity contribution >= 4 is 11.5 Å². The van der Waals surface area contributed by atoms with E-state index in [2.05, 4.69) is 10.3 Å². The van der Waals surface area contributed by atoms with E-state index in [0.717, 1.165) is 5.69 Å². The van der Waals surface area contributed by atoms with Crippen LogP contribution in [0.2, 0.25) is 0 Å². The lowest BCUT2D eigenvalue weighted by molar-refractivity contribution is 0.103. The molecule has 0 unspecified atom stereocenters. The third kappa shape index (κ3) is 1.91. The van der Waals surface area contributed by atoms with Gasteiger partial charge in [0.15, 0.2) is 5.78 Å². The van der Waals surface area contributed by atoms with Gasteiger partial charge in [0.05, 0.1) is 0 Å². The number of ketones is 1. The van der Waals surface area contributed by atoms with Crippen molar-refractivity contribution in [3.63, 3.8) is 0 Å². The molecule has 1 aromatic heterocycles. The number of anilines is 1. The third-order valence-electron chi connectivity index (χ3n) is 2.27. The van der Waals surface area contributed by atoms with E-state index in [-0.39, 0.29) is 5.78 Å². The maximum Gasteiger partial charge on any atom is 0.194 e. The molecule has 2 N–H and O–H groups in total. The van der Waals surface area contributed by atoms with E-state index in [4.69, 9.17) is 0 Å². The molecule has 0 saturated heterocycles. The second-order valence-electron chi connectivity index (χ2n) is 3.26. The lowest BCUT2D eigenvalue weighted by Crippen LogP contribution is -2.00. The number of hydrogen-bond acceptors (Lipinski definition) is 2. The van der Waals surface area contributed by atoms with Crippen LogP contribution in [-0.4, -0.2) is 17.8 Å². The highest BCUT2D eigenvalue weighted by Gasteiger charge is 2.08. The van der Waals surface area contributed by atoms with Crippen molar-refractivity contribution < 1.29 is 4.79 Å². The molecule has 0 radical (unpaired) electrons. The van der Waals surface area contributed by atoms with E-state index >= 15 is 0 Å². The Morgan fingerprint density at radius 3 is 2.80 bits per heavy atom. The first kappa shape index (κ1) is 9.52. The Kier molecular flexibility index (Phi) is 2.54. The Morgan fingerprint density at radius 1 is 1.27 bits per heavy atom. The number of H-pyrrole nitrogens is 1. The molecule has 0 aliphatic heterocycles. The van der Waals surface area contributed by atoms with Crippen molar-refractivity contribution in [3.8, 4) is 0 Å². The second kappa shape index (κ2) is 4.00. The summed E-state index contributed by atoms with van der Waals surface area (Å²) in [4.78, 5) is 14.8. The van der Waals surface area contributed by atoms with Crippen LogP contribution in [0.3, 0.4) is 0 Å². The minimum atomic E-state index is 0.0355. The number of rotatable bonds is 3. The van der Waals surface area contributed by atoms with Crippen LogP contribution in [0.15, 0.2) is 42.7 Å². The number of carbonyl (C=O) groups excluding carboxylic acids is 1. The van der Waals surface area contributed by atoms with E-state index in [1.54, 1.807) is 18.5 Å². The number of benzene rings is 1. The van der Waals surface area contributed by atoms with Gasteiger partial charge in [-0.2, -0.15) is 0 Å². The number of aromatic nitrogens is 1. The van der Waals surface area contributed by atoms with Crippen LogP contribution in [-0.2, 0) is 0 Å². The molecule has 0 amide bonds.